The van der Waals surface area contributed by atoms with Gasteiger partial charge < -0.3 is 10.2 Å². The van der Waals surface area contributed by atoms with Gasteiger partial charge in [0.2, 0.25) is 0 Å². The van der Waals surface area contributed by atoms with Gasteiger partial charge in [0.1, 0.15) is 5.82 Å². The van der Waals surface area contributed by atoms with Crippen molar-refractivity contribution < 1.29 is 0 Å². The van der Waals surface area contributed by atoms with Crippen molar-refractivity contribution in [1.82, 2.24) is 10.3 Å². The van der Waals surface area contributed by atoms with Gasteiger partial charge in [-0.15, -0.1) is 0 Å². The quantitative estimate of drug-likeness (QED) is 0.913. The van der Waals surface area contributed by atoms with E-state index in [1.165, 1.54) is 49.4 Å². The van der Waals surface area contributed by atoms with Gasteiger partial charge in [-0.05, 0) is 43.2 Å². The zero-order valence-electron chi connectivity index (χ0n) is 13.0. The summed E-state index contributed by atoms with van der Waals surface area (Å²) < 4.78 is 0. The van der Waals surface area contributed by atoms with Crippen LogP contribution in [0.5, 0.6) is 0 Å². The second-order valence-corrected chi connectivity index (χ2v) is 6.81. The summed E-state index contributed by atoms with van der Waals surface area (Å²) >= 11 is 0. The molecule has 0 aromatic carbocycles. The van der Waals surface area contributed by atoms with Gasteiger partial charge in [-0.25, -0.2) is 4.98 Å². The van der Waals surface area contributed by atoms with E-state index in [0.29, 0.717) is 6.04 Å². The summed E-state index contributed by atoms with van der Waals surface area (Å²) in [5.74, 6) is 3.05. The number of fused-ring (bicyclic) bond motifs is 1. The first-order chi connectivity index (χ1) is 9.63. The summed E-state index contributed by atoms with van der Waals surface area (Å²) in [6.45, 7) is 9.86. The molecule has 2 fully saturated rings. The normalized spacial score (nSPS) is 25.5. The summed E-state index contributed by atoms with van der Waals surface area (Å²) in [5.41, 5.74) is 2.49. The Morgan fingerprint density at radius 3 is 2.55 bits per heavy atom. The van der Waals surface area contributed by atoms with Crippen LogP contribution in [0.25, 0.3) is 0 Å². The molecule has 3 nitrogen and oxygen atoms in total. The highest BCUT2D eigenvalue weighted by Crippen LogP contribution is 2.39. The van der Waals surface area contributed by atoms with Crippen LogP contribution < -0.4 is 10.2 Å². The minimum absolute atomic E-state index is 0.520. The van der Waals surface area contributed by atoms with E-state index in [1.807, 2.05) is 0 Å². The van der Waals surface area contributed by atoms with Gasteiger partial charge in [0.25, 0.3) is 0 Å². The van der Waals surface area contributed by atoms with Crippen molar-refractivity contribution in [3.8, 4) is 0 Å². The van der Waals surface area contributed by atoms with Crippen LogP contribution in [-0.4, -0.2) is 24.1 Å². The van der Waals surface area contributed by atoms with Gasteiger partial charge in [-0.2, -0.15) is 0 Å². The molecule has 1 aromatic heterocycles. The minimum atomic E-state index is 0.520. The van der Waals surface area contributed by atoms with Gasteiger partial charge in [-0.3, -0.25) is 0 Å². The number of rotatable bonds is 4. The molecule has 2 heterocycles. The molecule has 0 spiro atoms. The fourth-order valence-corrected chi connectivity index (χ4v) is 3.68. The van der Waals surface area contributed by atoms with Crippen LogP contribution in [0, 0.1) is 18.8 Å². The summed E-state index contributed by atoms with van der Waals surface area (Å²) in [5, 5.41) is 3.47. The zero-order chi connectivity index (χ0) is 14.1. The molecule has 1 N–H and O–H groups in total. The third-order valence-electron chi connectivity index (χ3n) is 4.93. The maximum Gasteiger partial charge on any atom is 0.128 e. The maximum atomic E-state index is 4.85. The van der Waals surface area contributed by atoms with E-state index in [-0.39, 0.29) is 0 Å². The molecule has 1 aliphatic carbocycles. The largest absolute Gasteiger partial charge is 0.356 e. The average Bonchev–Trinajstić information content (AvgIpc) is 2.97. The molecule has 1 saturated heterocycles. The van der Waals surface area contributed by atoms with Crippen LogP contribution in [0.1, 0.15) is 44.4 Å². The maximum absolute atomic E-state index is 4.85. The molecule has 2 aliphatic rings. The molecule has 110 valence electrons. The highest BCUT2D eigenvalue weighted by atomic mass is 15.2. The minimum Gasteiger partial charge on any atom is -0.356 e. The zero-order valence-corrected chi connectivity index (χ0v) is 13.0. The topological polar surface area (TPSA) is 28.2 Å². The fourth-order valence-electron chi connectivity index (χ4n) is 3.68. The van der Waals surface area contributed by atoms with Gasteiger partial charge >= 0.3 is 0 Å². The SMILES string of the molecule is Cc1nc(N2CC3CCCC3C2)ccc1CNC(C)C. The lowest BCUT2D eigenvalue weighted by molar-refractivity contribution is 0.494. The second kappa shape index (κ2) is 5.72. The number of aryl methyl sites for hydroxylation is 1. The molecule has 1 saturated carbocycles. The first-order valence-electron chi connectivity index (χ1n) is 8.08. The Morgan fingerprint density at radius 1 is 1.25 bits per heavy atom. The number of hydrogen-bond acceptors (Lipinski definition) is 3. The summed E-state index contributed by atoms with van der Waals surface area (Å²) in [7, 11) is 0. The first kappa shape index (κ1) is 13.9. The van der Waals surface area contributed by atoms with E-state index in [9.17, 15) is 0 Å². The van der Waals surface area contributed by atoms with Crippen molar-refractivity contribution in [3.05, 3.63) is 23.4 Å². The van der Waals surface area contributed by atoms with E-state index in [4.69, 9.17) is 4.98 Å². The molecule has 3 heteroatoms. The Labute approximate surface area is 122 Å². The Morgan fingerprint density at radius 2 is 1.95 bits per heavy atom. The van der Waals surface area contributed by atoms with Crippen molar-refractivity contribution in [2.75, 3.05) is 18.0 Å². The van der Waals surface area contributed by atoms with Crippen LogP contribution in [0.15, 0.2) is 12.1 Å². The van der Waals surface area contributed by atoms with E-state index in [2.05, 4.69) is 43.1 Å². The van der Waals surface area contributed by atoms with Gasteiger partial charge in [0.05, 0.1) is 0 Å². The molecule has 2 unspecified atom stereocenters. The lowest BCUT2D eigenvalue weighted by atomic mass is 10.0. The number of anilines is 1. The molecule has 20 heavy (non-hydrogen) atoms. The number of pyridine rings is 1. The Bertz CT molecular complexity index is 457. The lowest BCUT2D eigenvalue weighted by Gasteiger charge is -2.20. The van der Waals surface area contributed by atoms with Crippen molar-refractivity contribution in [2.24, 2.45) is 11.8 Å². The van der Waals surface area contributed by atoms with E-state index < -0.39 is 0 Å². The molecule has 0 radical (unpaired) electrons. The van der Waals surface area contributed by atoms with Gasteiger partial charge in [0, 0.05) is 31.4 Å². The molecule has 3 rings (SSSR count). The van der Waals surface area contributed by atoms with E-state index in [1.54, 1.807) is 0 Å². The highest BCUT2D eigenvalue weighted by Gasteiger charge is 2.36. The van der Waals surface area contributed by atoms with E-state index in [0.717, 1.165) is 18.4 Å². The standard InChI is InChI=1S/C17H27N3/c1-12(2)18-9-14-7-8-17(19-13(14)3)20-10-15-5-4-6-16(15)11-20/h7-8,12,15-16,18H,4-6,9-11H2,1-3H3. The molecule has 0 bridgehead atoms. The predicted octanol–water partition coefficient (Wildman–Crippen LogP) is 3.12. The lowest BCUT2D eigenvalue weighted by Crippen LogP contribution is -2.24. The Hall–Kier alpha value is -1.09. The number of hydrogen-bond donors (Lipinski definition) is 1. The fraction of sp³-hybridized carbons (Fsp3) is 0.706. The van der Waals surface area contributed by atoms with Crippen LogP contribution in [0.3, 0.4) is 0 Å². The number of aromatic nitrogens is 1. The van der Waals surface area contributed by atoms with Crippen molar-refractivity contribution in [1.29, 1.82) is 0 Å². The van der Waals surface area contributed by atoms with Gasteiger partial charge in [0.15, 0.2) is 0 Å². The third kappa shape index (κ3) is 2.83. The summed E-state index contributed by atoms with van der Waals surface area (Å²) in [6, 6.07) is 4.99. The average molecular weight is 273 g/mol. The Kier molecular flexibility index (Phi) is 3.97. The molecule has 0 amide bonds. The molecular weight excluding hydrogens is 246 g/mol. The second-order valence-electron chi connectivity index (χ2n) is 6.81. The van der Waals surface area contributed by atoms with Crippen LogP contribution in [0.2, 0.25) is 0 Å². The van der Waals surface area contributed by atoms with Crippen LogP contribution in [0.4, 0.5) is 5.82 Å². The van der Waals surface area contributed by atoms with Crippen molar-refractivity contribution in [3.63, 3.8) is 0 Å². The molecule has 1 aliphatic heterocycles. The first-order valence-corrected chi connectivity index (χ1v) is 8.08. The number of nitrogens with one attached hydrogen (secondary N) is 1. The van der Waals surface area contributed by atoms with Crippen molar-refractivity contribution >= 4 is 5.82 Å². The van der Waals surface area contributed by atoms with E-state index >= 15 is 0 Å². The Balaban J connectivity index is 1.68. The van der Waals surface area contributed by atoms with Gasteiger partial charge in [-0.1, -0.05) is 26.3 Å². The van der Waals surface area contributed by atoms with Crippen LogP contribution >= 0.6 is 0 Å². The summed E-state index contributed by atoms with van der Waals surface area (Å²) in [4.78, 5) is 7.35. The number of nitrogens with zero attached hydrogens (tertiary/aromatic N) is 2. The van der Waals surface area contributed by atoms with Crippen molar-refractivity contribution in [2.45, 2.75) is 52.6 Å². The molecule has 1 aromatic rings. The van der Waals surface area contributed by atoms with Crippen LogP contribution in [-0.2, 0) is 6.54 Å². The highest BCUT2D eigenvalue weighted by molar-refractivity contribution is 5.43. The third-order valence-corrected chi connectivity index (χ3v) is 4.93. The summed E-state index contributed by atoms with van der Waals surface area (Å²) in [6.07, 6.45) is 4.29. The smallest absolute Gasteiger partial charge is 0.128 e. The predicted molar refractivity (Wildman–Crippen MR) is 84.0 cm³/mol. The molecular formula is C17H27N3. The monoisotopic (exact) mass is 273 g/mol. The molecule has 2 atom stereocenters.